The van der Waals surface area contributed by atoms with Crippen molar-refractivity contribution in [3.63, 3.8) is 0 Å². The van der Waals surface area contributed by atoms with Crippen LogP contribution in [0.15, 0.2) is 42.5 Å². The first kappa shape index (κ1) is 18.8. The lowest BCUT2D eigenvalue weighted by molar-refractivity contribution is -0.117. The Morgan fingerprint density at radius 1 is 1.15 bits per heavy atom. The molecule has 3 amide bonds. The van der Waals surface area contributed by atoms with Crippen molar-refractivity contribution in [1.82, 2.24) is 5.32 Å². The predicted molar refractivity (Wildman–Crippen MR) is 104 cm³/mol. The van der Waals surface area contributed by atoms with Crippen LogP contribution in [0.5, 0.6) is 11.5 Å². The molecule has 2 aromatic rings. The summed E-state index contributed by atoms with van der Waals surface area (Å²) < 4.78 is 10.4. The number of carbonyl (C=O) groups excluding carboxylic acids is 2. The Morgan fingerprint density at radius 2 is 1.89 bits per heavy atom. The number of ether oxygens (including phenoxy) is 2. The fraction of sp³-hybridized carbons (Fsp3) is 0.263. The van der Waals surface area contributed by atoms with Crippen molar-refractivity contribution in [1.29, 1.82) is 0 Å². The Kier molecular flexibility index (Phi) is 5.71. The van der Waals surface area contributed by atoms with Crippen LogP contribution in [0, 0.1) is 0 Å². The summed E-state index contributed by atoms with van der Waals surface area (Å²) in [4.78, 5) is 26.3. The Bertz CT molecular complexity index is 841. The lowest BCUT2D eigenvalue weighted by Crippen LogP contribution is -2.39. The third kappa shape index (κ3) is 4.43. The van der Waals surface area contributed by atoms with Gasteiger partial charge in [0.2, 0.25) is 5.91 Å². The second-order valence-corrected chi connectivity index (χ2v) is 6.48. The van der Waals surface area contributed by atoms with Gasteiger partial charge in [-0.2, -0.15) is 0 Å². The van der Waals surface area contributed by atoms with Crippen LogP contribution < -0.4 is 25.0 Å². The smallest absolute Gasteiger partial charge is 0.319 e. The number of rotatable bonds is 5. The molecule has 3 rings (SSSR count). The van der Waals surface area contributed by atoms with Gasteiger partial charge < -0.3 is 25.0 Å². The second-order valence-electron chi connectivity index (χ2n) is 6.05. The molecular weight excluding hydrogens is 370 g/mol. The van der Waals surface area contributed by atoms with Crippen molar-refractivity contribution in [2.75, 3.05) is 31.0 Å². The Morgan fingerprint density at radius 3 is 2.56 bits per heavy atom. The van der Waals surface area contributed by atoms with E-state index in [1.54, 1.807) is 54.5 Å². The molecule has 1 heterocycles. The predicted octanol–water partition coefficient (Wildman–Crippen LogP) is 3.28. The molecule has 2 N–H and O–H groups in total. The molecule has 2 aromatic carbocycles. The van der Waals surface area contributed by atoms with Crippen molar-refractivity contribution >= 4 is 34.9 Å². The SMILES string of the molecule is COc1ccc(OC)c(NC(=O)N[C@@H]2CC(=O)N(c3ccc(Cl)cc3)C2)c1. The Hall–Kier alpha value is -2.93. The van der Waals surface area contributed by atoms with Crippen LogP contribution in [0.2, 0.25) is 5.02 Å². The number of anilines is 2. The number of nitrogens with zero attached hydrogens (tertiary/aromatic N) is 1. The van der Waals surface area contributed by atoms with Gasteiger partial charge in [0.25, 0.3) is 0 Å². The normalized spacial score (nSPS) is 16.2. The largest absolute Gasteiger partial charge is 0.497 e. The maximum Gasteiger partial charge on any atom is 0.319 e. The molecule has 0 aliphatic carbocycles. The molecule has 0 aromatic heterocycles. The maximum absolute atomic E-state index is 12.4. The number of benzene rings is 2. The molecule has 27 heavy (non-hydrogen) atoms. The number of urea groups is 1. The van der Waals surface area contributed by atoms with Gasteiger partial charge in [0.1, 0.15) is 11.5 Å². The molecule has 142 valence electrons. The zero-order valence-corrected chi connectivity index (χ0v) is 15.7. The molecule has 7 nitrogen and oxygen atoms in total. The molecule has 1 fully saturated rings. The van der Waals surface area contributed by atoms with E-state index in [2.05, 4.69) is 10.6 Å². The Labute approximate surface area is 162 Å². The summed E-state index contributed by atoms with van der Waals surface area (Å²) in [6, 6.07) is 11.4. The highest BCUT2D eigenvalue weighted by Gasteiger charge is 2.31. The van der Waals surface area contributed by atoms with Crippen LogP contribution in [0.4, 0.5) is 16.2 Å². The van der Waals surface area contributed by atoms with Gasteiger partial charge in [-0.05, 0) is 36.4 Å². The van der Waals surface area contributed by atoms with E-state index in [1.165, 1.54) is 7.11 Å². The van der Waals surface area contributed by atoms with Gasteiger partial charge in [-0.1, -0.05) is 11.6 Å². The van der Waals surface area contributed by atoms with Gasteiger partial charge in [0, 0.05) is 29.7 Å². The van der Waals surface area contributed by atoms with E-state index < -0.39 is 6.03 Å². The van der Waals surface area contributed by atoms with Crippen LogP contribution >= 0.6 is 11.6 Å². The monoisotopic (exact) mass is 389 g/mol. The van der Waals surface area contributed by atoms with Gasteiger partial charge >= 0.3 is 6.03 Å². The van der Waals surface area contributed by atoms with Crippen LogP contribution in [-0.2, 0) is 4.79 Å². The van der Waals surface area contributed by atoms with Crippen LogP contribution in [-0.4, -0.2) is 38.7 Å². The number of hydrogen-bond donors (Lipinski definition) is 2. The highest BCUT2D eigenvalue weighted by atomic mass is 35.5. The summed E-state index contributed by atoms with van der Waals surface area (Å²) in [7, 11) is 3.06. The third-order valence-electron chi connectivity index (χ3n) is 4.25. The first-order valence-electron chi connectivity index (χ1n) is 8.35. The summed E-state index contributed by atoms with van der Waals surface area (Å²) in [6.45, 7) is 0.392. The van der Waals surface area contributed by atoms with E-state index in [0.29, 0.717) is 28.8 Å². The summed E-state index contributed by atoms with van der Waals surface area (Å²) in [5.41, 5.74) is 1.23. The van der Waals surface area contributed by atoms with E-state index in [9.17, 15) is 9.59 Å². The summed E-state index contributed by atoms with van der Waals surface area (Å²) in [6.07, 6.45) is 0.227. The molecule has 0 bridgehead atoms. The Balaban J connectivity index is 1.63. The number of methoxy groups -OCH3 is 2. The standard InChI is InChI=1S/C19H20ClN3O4/c1-26-15-7-8-17(27-2)16(10-15)22-19(25)21-13-9-18(24)23(11-13)14-5-3-12(20)4-6-14/h3-8,10,13H,9,11H2,1-2H3,(H2,21,22,25)/t13-/m1/s1. The van der Waals surface area contributed by atoms with Crippen molar-refractivity contribution in [3.8, 4) is 11.5 Å². The highest BCUT2D eigenvalue weighted by molar-refractivity contribution is 6.30. The van der Waals surface area contributed by atoms with Gasteiger partial charge in [-0.3, -0.25) is 4.79 Å². The molecule has 1 atom stereocenters. The average molecular weight is 390 g/mol. The molecule has 0 radical (unpaired) electrons. The summed E-state index contributed by atoms with van der Waals surface area (Å²) in [5.74, 6) is 1.05. The van der Waals surface area contributed by atoms with Gasteiger partial charge in [-0.25, -0.2) is 4.79 Å². The van der Waals surface area contributed by atoms with Crippen molar-refractivity contribution in [3.05, 3.63) is 47.5 Å². The van der Waals surface area contributed by atoms with E-state index >= 15 is 0 Å². The third-order valence-corrected chi connectivity index (χ3v) is 4.51. The quantitative estimate of drug-likeness (QED) is 0.822. The molecule has 1 aliphatic rings. The van der Waals surface area contributed by atoms with Gasteiger partial charge in [-0.15, -0.1) is 0 Å². The lowest BCUT2D eigenvalue weighted by Gasteiger charge is -2.18. The summed E-state index contributed by atoms with van der Waals surface area (Å²) in [5, 5.41) is 6.16. The molecule has 0 unspecified atom stereocenters. The van der Waals surface area contributed by atoms with Crippen molar-refractivity contribution in [2.45, 2.75) is 12.5 Å². The van der Waals surface area contributed by atoms with Gasteiger partial charge in [0.15, 0.2) is 0 Å². The van der Waals surface area contributed by atoms with E-state index in [4.69, 9.17) is 21.1 Å². The topological polar surface area (TPSA) is 79.9 Å². The second kappa shape index (κ2) is 8.18. The number of hydrogen-bond acceptors (Lipinski definition) is 4. The first-order chi connectivity index (χ1) is 13.0. The highest BCUT2D eigenvalue weighted by Crippen LogP contribution is 2.29. The molecular formula is C19H20ClN3O4. The van der Waals surface area contributed by atoms with Crippen LogP contribution in [0.3, 0.4) is 0 Å². The van der Waals surface area contributed by atoms with E-state index in [1.807, 2.05) is 0 Å². The minimum Gasteiger partial charge on any atom is -0.497 e. The molecule has 0 spiro atoms. The van der Waals surface area contributed by atoms with Crippen molar-refractivity contribution < 1.29 is 19.1 Å². The zero-order valence-electron chi connectivity index (χ0n) is 15.0. The van der Waals surface area contributed by atoms with Crippen molar-refractivity contribution in [2.24, 2.45) is 0 Å². The van der Waals surface area contributed by atoms with Crippen LogP contribution in [0.25, 0.3) is 0 Å². The molecule has 1 saturated heterocycles. The lowest BCUT2D eigenvalue weighted by atomic mass is 10.2. The number of nitrogens with one attached hydrogen (secondary N) is 2. The van der Waals surface area contributed by atoms with Crippen LogP contribution in [0.1, 0.15) is 6.42 Å². The first-order valence-corrected chi connectivity index (χ1v) is 8.73. The fourth-order valence-corrected chi connectivity index (χ4v) is 3.06. The number of amides is 3. The zero-order chi connectivity index (χ0) is 19.4. The molecule has 1 aliphatic heterocycles. The maximum atomic E-state index is 12.4. The average Bonchev–Trinajstić information content (AvgIpc) is 3.02. The van der Waals surface area contributed by atoms with Gasteiger partial charge in [0.05, 0.1) is 25.9 Å². The minimum atomic E-state index is -0.419. The molecule has 0 saturated carbocycles. The van der Waals surface area contributed by atoms with E-state index in [0.717, 1.165) is 5.69 Å². The van der Waals surface area contributed by atoms with E-state index in [-0.39, 0.29) is 18.4 Å². The minimum absolute atomic E-state index is 0.0541. The molecule has 8 heteroatoms. The number of halogens is 1. The summed E-state index contributed by atoms with van der Waals surface area (Å²) >= 11 is 5.89. The number of carbonyl (C=O) groups is 2. The fourth-order valence-electron chi connectivity index (χ4n) is 2.93.